The van der Waals surface area contributed by atoms with Crippen molar-refractivity contribution in [3.63, 3.8) is 0 Å². The second-order valence-corrected chi connectivity index (χ2v) is 4.55. The highest BCUT2D eigenvalue weighted by Crippen LogP contribution is 2.24. The number of fused-ring (bicyclic) bond motifs is 1. The summed E-state index contributed by atoms with van der Waals surface area (Å²) in [6.45, 7) is 0.675. The summed E-state index contributed by atoms with van der Waals surface area (Å²) in [6.07, 6.45) is 3.34. The van der Waals surface area contributed by atoms with Gasteiger partial charge in [0.1, 0.15) is 11.9 Å². The third kappa shape index (κ3) is 2.08. The summed E-state index contributed by atoms with van der Waals surface area (Å²) < 4.78 is 6.83. The second-order valence-electron chi connectivity index (χ2n) is 4.55. The van der Waals surface area contributed by atoms with E-state index in [1.54, 1.807) is 11.7 Å². The maximum Gasteiger partial charge on any atom is 0.226 e. The number of nitrogens with two attached hydrogens (primary N) is 2. The SMILES string of the molecule is COc1ccc(CN2C=Cn3c(N)nnc3C2N)cc1. The molecule has 104 valence electrons. The van der Waals surface area contributed by atoms with Gasteiger partial charge in [0.05, 0.1) is 7.11 Å². The number of nitrogen functional groups attached to an aromatic ring is 1. The number of hydrogen-bond donors (Lipinski definition) is 2. The lowest BCUT2D eigenvalue weighted by Crippen LogP contribution is -2.34. The van der Waals surface area contributed by atoms with E-state index in [0.29, 0.717) is 18.3 Å². The van der Waals surface area contributed by atoms with E-state index in [2.05, 4.69) is 10.2 Å². The van der Waals surface area contributed by atoms with E-state index in [9.17, 15) is 0 Å². The summed E-state index contributed by atoms with van der Waals surface area (Å²) >= 11 is 0. The fraction of sp³-hybridized carbons (Fsp3) is 0.231. The highest BCUT2D eigenvalue weighted by molar-refractivity contribution is 5.39. The molecule has 2 heterocycles. The molecule has 1 atom stereocenters. The third-order valence-electron chi connectivity index (χ3n) is 3.30. The van der Waals surface area contributed by atoms with Crippen molar-refractivity contribution in [2.45, 2.75) is 12.7 Å². The van der Waals surface area contributed by atoms with Crippen LogP contribution in [0.15, 0.2) is 30.5 Å². The van der Waals surface area contributed by atoms with Crippen molar-refractivity contribution in [3.8, 4) is 5.75 Å². The van der Waals surface area contributed by atoms with Crippen LogP contribution in [0.4, 0.5) is 5.95 Å². The lowest BCUT2D eigenvalue weighted by molar-refractivity contribution is 0.259. The Morgan fingerprint density at radius 1 is 1.20 bits per heavy atom. The molecule has 0 bridgehead atoms. The average Bonchev–Trinajstić information content (AvgIpc) is 2.85. The van der Waals surface area contributed by atoms with Gasteiger partial charge in [-0.25, -0.2) is 0 Å². The Labute approximate surface area is 116 Å². The molecule has 1 aromatic heterocycles. The van der Waals surface area contributed by atoms with Gasteiger partial charge in [-0.15, -0.1) is 10.2 Å². The van der Waals surface area contributed by atoms with Gasteiger partial charge in [0.25, 0.3) is 0 Å². The van der Waals surface area contributed by atoms with Crippen molar-refractivity contribution in [2.75, 3.05) is 12.8 Å². The molecule has 2 aromatic rings. The lowest BCUT2D eigenvalue weighted by atomic mass is 10.2. The van der Waals surface area contributed by atoms with Gasteiger partial charge in [-0.2, -0.15) is 0 Å². The first kappa shape index (κ1) is 12.5. The van der Waals surface area contributed by atoms with Crippen molar-refractivity contribution in [2.24, 2.45) is 5.73 Å². The summed E-state index contributed by atoms with van der Waals surface area (Å²) in [6, 6.07) is 7.87. The number of aromatic nitrogens is 3. The number of nitrogens with zero attached hydrogens (tertiary/aromatic N) is 4. The van der Waals surface area contributed by atoms with E-state index in [0.717, 1.165) is 11.3 Å². The standard InChI is InChI=1S/C13H16N6O/c1-20-10-4-2-9(3-5-10)8-18-6-7-19-12(11(18)14)16-17-13(19)15/h2-7,11H,8,14H2,1H3,(H2,15,17). The molecule has 7 nitrogen and oxygen atoms in total. The predicted molar refractivity (Wildman–Crippen MR) is 75.2 cm³/mol. The molecule has 0 saturated carbocycles. The molecule has 1 aliphatic rings. The van der Waals surface area contributed by atoms with E-state index in [1.165, 1.54) is 0 Å². The summed E-state index contributed by atoms with van der Waals surface area (Å²) in [5.74, 6) is 1.81. The number of hydrogen-bond acceptors (Lipinski definition) is 6. The summed E-state index contributed by atoms with van der Waals surface area (Å²) in [4.78, 5) is 1.98. The van der Waals surface area contributed by atoms with Crippen LogP contribution in [0.25, 0.3) is 6.20 Å². The summed E-state index contributed by atoms with van der Waals surface area (Å²) in [5, 5.41) is 7.84. The Morgan fingerprint density at radius 2 is 1.95 bits per heavy atom. The Morgan fingerprint density at radius 3 is 2.65 bits per heavy atom. The van der Waals surface area contributed by atoms with Crippen LogP contribution >= 0.6 is 0 Å². The fourth-order valence-corrected chi connectivity index (χ4v) is 2.16. The maximum absolute atomic E-state index is 6.18. The van der Waals surface area contributed by atoms with Crippen molar-refractivity contribution in [3.05, 3.63) is 41.9 Å². The first-order chi connectivity index (χ1) is 9.69. The summed E-state index contributed by atoms with van der Waals surface area (Å²) in [7, 11) is 1.65. The molecule has 3 rings (SSSR count). The number of ether oxygens (including phenoxy) is 1. The largest absolute Gasteiger partial charge is 0.497 e. The van der Waals surface area contributed by atoms with Crippen molar-refractivity contribution < 1.29 is 4.74 Å². The minimum Gasteiger partial charge on any atom is -0.497 e. The normalized spacial score (nSPS) is 17.1. The molecule has 0 radical (unpaired) electrons. The van der Waals surface area contributed by atoms with Crippen molar-refractivity contribution in [1.82, 2.24) is 19.7 Å². The van der Waals surface area contributed by atoms with E-state index < -0.39 is 0 Å². The topological polar surface area (TPSA) is 95.2 Å². The van der Waals surface area contributed by atoms with Gasteiger partial charge in [-0.3, -0.25) is 4.57 Å². The Kier molecular flexibility index (Phi) is 3.03. The number of rotatable bonds is 3. The zero-order chi connectivity index (χ0) is 14.1. The van der Waals surface area contributed by atoms with E-state index in [4.69, 9.17) is 16.2 Å². The van der Waals surface area contributed by atoms with E-state index >= 15 is 0 Å². The van der Waals surface area contributed by atoms with Crippen LogP contribution in [0.2, 0.25) is 0 Å². The van der Waals surface area contributed by atoms with Crippen LogP contribution in [0.1, 0.15) is 17.6 Å². The Balaban J connectivity index is 1.79. The summed E-state index contributed by atoms with van der Waals surface area (Å²) in [5.41, 5.74) is 13.0. The highest BCUT2D eigenvalue weighted by atomic mass is 16.5. The fourth-order valence-electron chi connectivity index (χ4n) is 2.16. The molecule has 0 spiro atoms. The molecular formula is C13H16N6O. The minimum absolute atomic E-state index is 0.343. The van der Waals surface area contributed by atoms with Gasteiger partial charge in [-0.1, -0.05) is 12.1 Å². The molecule has 4 N–H and O–H groups in total. The zero-order valence-electron chi connectivity index (χ0n) is 11.1. The number of methoxy groups -OCH3 is 1. The second kappa shape index (κ2) is 4.86. The van der Waals surface area contributed by atoms with E-state index in [-0.39, 0.29) is 6.17 Å². The van der Waals surface area contributed by atoms with Crippen LogP contribution in [-0.2, 0) is 6.54 Å². The molecule has 0 saturated heterocycles. The predicted octanol–water partition coefficient (Wildman–Crippen LogP) is 0.770. The molecule has 0 fully saturated rings. The molecule has 7 heteroatoms. The van der Waals surface area contributed by atoms with Crippen LogP contribution in [0, 0.1) is 0 Å². The van der Waals surface area contributed by atoms with Gasteiger partial charge in [0.2, 0.25) is 5.95 Å². The monoisotopic (exact) mass is 272 g/mol. The van der Waals surface area contributed by atoms with Crippen LogP contribution in [-0.4, -0.2) is 26.8 Å². The maximum atomic E-state index is 6.18. The lowest BCUT2D eigenvalue weighted by Gasteiger charge is -2.30. The van der Waals surface area contributed by atoms with Crippen molar-refractivity contribution in [1.29, 1.82) is 0 Å². The van der Waals surface area contributed by atoms with Gasteiger partial charge >= 0.3 is 0 Å². The first-order valence-corrected chi connectivity index (χ1v) is 6.22. The number of anilines is 1. The Hall–Kier alpha value is -2.54. The quantitative estimate of drug-likeness (QED) is 0.857. The van der Waals surface area contributed by atoms with Gasteiger partial charge in [0, 0.05) is 18.9 Å². The molecule has 0 aliphatic carbocycles. The van der Waals surface area contributed by atoms with Gasteiger partial charge in [0.15, 0.2) is 5.82 Å². The molecule has 20 heavy (non-hydrogen) atoms. The van der Waals surface area contributed by atoms with Crippen LogP contribution < -0.4 is 16.2 Å². The number of benzene rings is 1. The highest BCUT2D eigenvalue weighted by Gasteiger charge is 2.24. The minimum atomic E-state index is -0.369. The smallest absolute Gasteiger partial charge is 0.226 e. The zero-order valence-corrected chi connectivity index (χ0v) is 11.1. The first-order valence-electron chi connectivity index (χ1n) is 6.22. The van der Waals surface area contributed by atoms with Crippen LogP contribution in [0.5, 0.6) is 5.75 Å². The van der Waals surface area contributed by atoms with Crippen LogP contribution in [0.3, 0.4) is 0 Å². The van der Waals surface area contributed by atoms with E-state index in [1.807, 2.05) is 41.6 Å². The molecule has 0 amide bonds. The molecule has 1 aliphatic heterocycles. The molecule has 1 unspecified atom stereocenters. The molecular weight excluding hydrogens is 256 g/mol. The van der Waals surface area contributed by atoms with Gasteiger partial charge in [-0.05, 0) is 17.7 Å². The third-order valence-corrected chi connectivity index (χ3v) is 3.30. The van der Waals surface area contributed by atoms with Crippen molar-refractivity contribution >= 4 is 12.1 Å². The Bertz CT molecular complexity index is 633. The average molecular weight is 272 g/mol. The molecule has 1 aromatic carbocycles. The van der Waals surface area contributed by atoms with Gasteiger partial charge < -0.3 is 21.1 Å².